The van der Waals surface area contributed by atoms with Gasteiger partial charge in [0.15, 0.2) is 17.3 Å². The number of ketones is 1. The van der Waals surface area contributed by atoms with Crippen LogP contribution in [-0.4, -0.2) is 19.0 Å². The maximum Gasteiger partial charge on any atom is 0.197 e. The number of benzene rings is 1. The van der Waals surface area contributed by atoms with E-state index in [9.17, 15) is 4.79 Å². The maximum absolute atomic E-state index is 12.3. The molecule has 0 amide bonds. The molecule has 1 aromatic carbocycles. The average Bonchev–Trinajstić information content (AvgIpc) is 2.95. The first-order chi connectivity index (χ1) is 9.67. The highest BCUT2D eigenvalue weighted by atomic mass is 35.5. The van der Waals surface area contributed by atoms with Gasteiger partial charge in [-0.3, -0.25) is 4.79 Å². The third-order valence-corrected chi connectivity index (χ3v) is 2.97. The van der Waals surface area contributed by atoms with E-state index in [1.807, 2.05) is 13.8 Å². The molecule has 20 heavy (non-hydrogen) atoms. The number of furan rings is 1. The summed E-state index contributed by atoms with van der Waals surface area (Å²) in [5.41, 5.74) is 0.804. The summed E-state index contributed by atoms with van der Waals surface area (Å²) in [6.45, 7) is 4.70. The van der Waals surface area contributed by atoms with E-state index >= 15 is 0 Å². The summed E-state index contributed by atoms with van der Waals surface area (Å²) >= 11 is 6.16. The minimum absolute atomic E-state index is 0.215. The van der Waals surface area contributed by atoms with E-state index < -0.39 is 0 Å². The first-order valence-electron chi connectivity index (χ1n) is 6.33. The second-order valence-corrected chi connectivity index (χ2v) is 4.39. The lowest BCUT2D eigenvalue weighted by Gasteiger charge is -2.13. The van der Waals surface area contributed by atoms with Crippen LogP contribution in [0.1, 0.15) is 29.8 Å². The fraction of sp³-hybridized carbons (Fsp3) is 0.267. The molecule has 2 aromatic rings. The summed E-state index contributed by atoms with van der Waals surface area (Å²) in [7, 11) is 0. The van der Waals surface area contributed by atoms with Crippen molar-refractivity contribution in [2.24, 2.45) is 0 Å². The molecule has 1 heterocycles. The molecule has 0 fully saturated rings. The quantitative estimate of drug-likeness (QED) is 0.757. The van der Waals surface area contributed by atoms with Crippen LogP contribution in [0.5, 0.6) is 11.5 Å². The Bertz CT molecular complexity index is 590. The van der Waals surface area contributed by atoms with Crippen LogP contribution in [-0.2, 0) is 0 Å². The molecule has 0 aliphatic rings. The molecule has 0 saturated heterocycles. The number of carbonyl (C=O) groups excluding carboxylic acids is 1. The van der Waals surface area contributed by atoms with Gasteiger partial charge in [-0.15, -0.1) is 0 Å². The zero-order valence-electron chi connectivity index (χ0n) is 11.3. The molecule has 0 bridgehead atoms. The van der Waals surface area contributed by atoms with Gasteiger partial charge in [-0.2, -0.15) is 0 Å². The highest BCUT2D eigenvalue weighted by Gasteiger charge is 2.18. The predicted octanol–water partition coefficient (Wildman–Crippen LogP) is 3.96. The Morgan fingerprint density at radius 1 is 1.20 bits per heavy atom. The fourth-order valence-corrected chi connectivity index (χ4v) is 2.03. The Hall–Kier alpha value is -1.94. The number of hydrogen-bond acceptors (Lipinski definition) is 4. The summed E-state index contributed by atoms with van der Waals surface area (Å²) in [5, 5.41) is 0.322. The minimum Gasteiger partial charge on any atom is -0.490 e. The molecule has 106 valence electrons. The zero-order chi connectivity index (χ0) is 14.5. The monoisotopic (exact) mass is 294 g/mol. The van der Waals surface area contributed by atoms with E-state index in [0.717, 1.165) is 0 Å². The molecule has 0 radical (unpaired) electrons. The molecule has 0 N–H and O–H groups in total. The highest BCUT2D eigenvalue weighted by molar-refractivity contribution is 6.35. The lowest BCUT2D eigenvalue weighted by atomic mass is 10.1. The van der Waals surface area contributed by atoms with Crippen LogP contribution in [0, 0.1) is 0 Å². The van der Waals surface area contributed by atoms with Gasteiger partial charge in [0.1, 0.15) is 6.26 Å². The molecule has 4 nitrogen and oxygen atoms in total. The van der Waals surface area contributed by atoms with E-state index in [1.165, 1.54) is 12.5 Å². The van der Waals surface area contributed by atoms with Crippen LogP contribution in [0.2, 0.25) is 5.02 Å². The van der Waals surface area contributed by atoms with E-state index in [2.05, 4.69) is 0 Å². The minimum atomic E-state index is -0.215. The lowest BCUT2D eigenvalue weighted by molar-refractivity contribution is 0.103. The van der Waals surface area contributed by atoms with Gasteiger partial charge in [0, 0.05) is 11.6 Å². The van der Waals surface area contributed by atoms with Gasteiger partial charge in [-0.05, 0) is 26.0 Å². The summed E-state index contributed by atoms with van der Waals surface area (Å²) in [6, 6.07) is 4.80. The van der Waals surface area contributed by atoms with Crippen LogP contribution >= 0.6 is 11.6 Å². The van der Waals surface area contributed by atoms with E-state index in [1.54, 1.807) is 18.2 Å². The molecule has 5 heteroatoms. The normalized spacial score (nSPS) is 10.3. The number of rotatable bonds is 6. The standard InChI is InChI=1S/C15H15ClO4/c1-3-19-13-7-11(12(16)8-14(13)20-4-2)15(17)10-5-6-18-9-10/h5-9H,3-4H2,1-2H3. The third kappa shape index (κ3) is 2.96. The summed E-state index contributed by atoms with van der Waals surface area (Å²) in [6.07, 6.45) is 2.83. The molecule has 0 atom stereocenters. The van der Waals surface area contributed by atoms with Crippen molar-refractivity contribution in [3.63, 3.8) is 0 Å². The van der Waals surface area contributed by atoms with Crippen molar-refractivity contribution in [2.45, 2.75) is 13.8 Å². The van der Waals surface area contributed by atoms with Crippen LogP contribution in [0.3, 0.4) is 0 Å². The van der Waals surface area contributed by atoms with E-state index in [0.29, 0.717) is 40.9 Å². The molecule has 2 rings (SSSR count). The summed E-state index contributed by atoms with van der Waals surface area (Å²) in [5.74, 6) is 0.821. The van der Waals surface area contributed by atoms with Gasteiger partial charge in [-0.1, -0.05) is 11.6 Å². The van der Waals surface area contributed by atoms with Crippen molar-refractivity contribution >= 4 is 17.4 Å². The zero-order valence-corrected chi connectivity index (χ0v) is 12.1. The van der Waals surface area contributed by atoms with Crippen molar-refractivity contribution in [2.75, 3.05) is 13.2 Å². The SMILES string of the molecule is CCOc1cc(Cl)c(C(=O)c2ccoc2)cc1OCC. The Morgan fingerprint density at radius 3 is 2.40 bits per heavy atom. The van der Waals surface area contributed by atoms with Gasteiger partial charge in [0.05, 0.1) is 30.1 Å². The van der Waals surface area contributed by atoms with Crippen molar-refractivity contribution in [1.82, 2.24) is 0 Å². The highest BCUT2D eigenvalue weighted by Crippen LogP contribution is 2.34. The Morgan fingerprint density at radius 2 is 1.85 bits per heavy atom. The van der Waals surface area contributed by atoms with Crippen LogP contribution in [0.25, 0.3) is 0 Å². The molecule has 0 saturated carbocycles. The first kappa shape index (κ1) is 14.5. The van der Waals surface area contributed by atoms with Crippen LogP contribution < -0.4 is 9.47 Å². The smallest absolute Gasteiger partial charge is 0.197 e. The molecule has 0 aliphatic carbocycles. The van der Waals surface area contributed by atoms with Gasteiger partial charge in [0.2, 0.25) is 0 Å². The van der Waals surface area contributed by atoms with Crippen molar-refractivity contribution < 1.29 is 18.7 Å². The van der Waals surface area contributed by atoms with E-state index in [4.69, 9.17) is 25.5 Å². The molecule has 1 aromatic heterocycles. The maximum atomic E-state index is 12.3. The van der Waals surface area contributed by atoms with Crippen LogP contribution in [0.4, 0.5) is 0 Å². The average molecular weight is 295 g/mol. The lowest BCUT2D eigenvalue weighted by Crippen LogP contribution is -2.04. The Labute approximate surface area is 122 Å². The Balaban J connectivity index is 2.43. The number of halogens is 1. The third-order valence-electron chi connectivity index (χ3n) is 2.66. The molecule has 0 spiro atoms. The van der Waals surface area contributed by atoms with Crippen molar-refractivity contribution in [3.8, 4) is 11.5 Å². The molecular weight excluding hydrogens is 280 g/mol. The van der Waals surface area contributed by atoms with Crippen LogP contribution in [0.15, 0.2) is 35.1 Å². The number of hydrogen-bond donors (Lipinski definition) is 0. The summed E-state index contributed by atoms with van der Waals surface area (Å²) in [4.78, 5) is 12.3. The largest absolute Gasteiger partial charge is 0.490 e. The van der Waals surface area contributed by atoms with Crippen molar-refractivity contribution in [3.05, 3.63) is 46.9 Å². The van der Waals surface area contributed by atoms with Gasteiger partial charge in [-0.25, -0.2) is 0 Å². The van der Waals surface area contributed by atoms with Gasteiger partial charge >= 0.3 is 0 Å². The summed E-state index contributed by atoms with van der Waals surface area (Å²) < 4.78 is 15.9. The fourth-order valence-electron chi connectivity index (χ4n) is 1.79. The first-order valence-corrected chi connectivity index (χ1v) is 6.71. The van der Waals surface area contributed by atoms with Gasteiger partial charge < -0.3 is 13.9 Å². The second-order valence-electron chi connectivity index (χ2n) is 3.99. The van der Waals surface area contributed by atoms with E-state index in [-0.39, 0.29) is 5.78 Å². The number of ether oxygens (including phenoxy) is 2. The molecule has 0 unspecified atom stereocenters. The Kier molecular flexibility index (Phi) is 4.69. The molecular formula is C15H15ClO4. The molecule has 0 aliphatic heterocycles. The number of carbonyl (C=O) groups is 1. The second kappa shape index (κ2) is 6.48. The topological polar surface area (TPSA) is 48.7 Å². The van der Waals surface area contributed by atoms with Crippen molar-refractivity contribution in [1.29, 1.82) is 0 Å². The predicted molar refractivity (Wildman–Crippen MR) is 75.9 cm³/mol. The van der Waals surface area contributed by atoms with Gasteiger partial charge in [0.25, 0.3) is 0 Å².